The molecule has 0 aromatic carbocycles. The van der Waals surface area contributed by atoms with E-state index in [-0.39, 0.29) is 0 Å². The Hall–Kier alpha value is -1.52. The number of aryl methyl sites for hydroxylation is 1. The number of aliphatic imine (C=N–C) groups is 1. The molecule has 1 aromatic rings. The molecule has 5 nitrogen and oxygen atoms in total. The molecule has 0 radical (unpaired) electrons. The van der Waals surface area contributed by atoms with Crippen LogP contribution >= 0.6 is 0 Å². The van der Waals surface area contributed by atoms with Crippen molar-refractivity contribution in [1.29, 1.82) is 0 Å². The number of amidine groups is 1. The largest absolute Gasteiger partial charge is 0.394 e. The van der Waals surface area contributed by atoms with Gasteiger partial charge in [0.25, 0.3) is 0 Å². The van der Waals surface area contributed by atoms with Crippen molar-refractivity contribution in [3.63, 3.8) is 0 Å². The summed E-state index contributed by atoms with van der Waals surface area (Å²) in [5, 5.41) is 6.54. The van der Waals surface area contributed by atoms with Gasteiger partial charge in [-0.1, -0.05) is 0 Å². The zero-order chi connectivity index (χ0) is 8.43. The average molecular weight is 153 g/mol. The summed E-state index contributed by atoms with van der Waals surface area (Å²) in [7, 11) is 0. The van der Waals surface area contributed by atoms with E-state index in [4.69, 9.17) is 11.5 Å². The molecule has 60 valence electrons. The first-order valence-corrected chi connectivity index (χ1v) is 3.22. The fourth-order valence-corrected chi connectivity index (χ4v) is 0.677. The second kappa shape index (κ2) is 2.61. The highest BCUT2D eigenvalue weighted by molar-refractivity contribution is 5.82. The Morgan fingerprint density at radius 2 is 2.27 bits per heavy atom. The van der Waals surface area contributed by atoms with Crippen LogP contribution in [0.4, 0.5) is 11.5 Å². The Balaban J connectivity index is 3.06. The molecule has 0 aliphatic carbocycles. The van der Waals surface area contributed by atoms with Gasteiger partial charge in [0.15, 0.2) is 5.82 Å². The Labute approximate surface area is 64.5 Å². The van der Waals surface area contributed by atoms with Crippen LogP contribution in [0.5, 0.6) is 0 Å². The molecule has 0 aliphatic rings. The lowest BCUT2D eigenvalue weighted by atomic mass is 10.4. The molecule has 0 fully saturated rings. The van der Waals surface area contributed by atoms with Crippen LogP contribution < -0.4 is 11.5 Å². The van der Waals surface area contributed by atoms with E-state index in [1.165, 1.54) is 0 Å². The van der Waals surface area contributed by atoms with Crippen LogP contribution in [0.1, 0.15) is 12.6 Å². The fraction of sp³-hybridized carbons (Fsp3) is 0.333. The third-order valence-electron chi connectivity index (χ3n) is 1.26. The number of aromatic amines is 1. The van der Waals surface area contributed by atoms with Crippen molar-refractivity contribution in [3.05, 3.63) is 5.69 Å². The van der Waals surface area contributed by atoms with Crippen LogP contribution in [-0.4, -0.2) is 16.0 Å². The monoisotopic (exact) mass is 153 g/mol. The summed E-state index contributed by atoms with van der Waals surface area (Å²) >= 11 is 0. The standard InChI is InChI=1S/C6H11N5/c1-3-5(8)6(11-10-3)9-4(2)7/h8H2,1-2H3,(H3,7,9,10,11). The molecule has 1 aromatic heterocycles. The Morgan fingerprint density at radius 3 is 2.64 bits per heavy atom. The number of nitrogens with one attached hydrogen (secondary N) is 1. The lowest BCUT2D eigenvalue weighted by Crippen LogP contribution is -2.04. The van der Waals surface area contributed by atoms with E-state index in [9.17, 15) is 0 Å². The number of anilines is 1. The zero-order valence-corrected chi connectivity index (χ0v) is 6.55. The van der Waals surface area contributed by atoms with Crippen LogP contribution in [0.25, 0.3) is 0 Å². The van der Waals surface area contributed by atoms with E-state index in [0.717, 1.165) is 5.69 Å². The molecule has 0 aliphatic heterocycles. The van der Waals surface area contributed by atoms with Crippen molar-refractivity contribution < 1.29 is 0 Å². The van der Waals surface area contributed by atoms with Crippen molar-refractivity contribution in [2.24, 2.45) is 10.7 Å². The SMILES string of the molecule is CC(N)=Nc1n[nH]c(C)c1N. The molecule has 0 unspecified atom stereocenters. The van der Waals surface area contributed by atoms with Crippen molar-refractivity contribution in [3.8, 4) is 0 Å². The second-order valence-electron chi connectivity index (χ2n) is 2.34. The maximum Gasteiger partial charge on any atom is 0.198 e. The van der Waals surface area contributed by atoms with Crippen molar-refractivity contribution >= 4 is 17.3 Å². The predicted molar refractivity (Wildman–Crippen MR) is 44.7 cm³/mol. The summed E-state index contributed by atoms with van der Waals surface area (Å²) in [6.45, 7) is 3.51. The van der Waals surface area contributed by atoms with Gasteiger partial charge in [-0.25, -0.2) is 4.99 Å². The zero-order valence-electron chi connectivity index (χ0n) is 6.55. The van der Waals surface area contributed by atoms with Crippen LogP contribution in [0.15, 0.2) is 4.99 Å². The van der Waals surface area contributed by atoms with E-state index in [1.54, 1.807) is 6.92 Å². The Kier molecular flexibility index (Phi) is 1.80. The first-order chi connectivity index (χ1) is 5.11. The van der Waals surface area contributed by atoms with Gasteiger partial charge < -0.3 is 11.5 Å². The second-order valence-corrected chi connectivity index (χ2v) is 2.34. The molecule has 0 atom stereocenters. The number of aromatic nitrogens is 2. The summed E-state index contributed by atoms with van der Waals surface area (Å²) in [4.78, 5) is 3.91. The number of rotatable bonds is 1. The van der Waals surface area contributed by atoms with Crippen LogP contribution in [0.3, 0.4) is 0 Å². The summed E-state index contributed by atoms with van der Waals surface area (Å²) in [5.41, 5.74) is 12.3. The van der Waals surface area contributed by atoms with Crippen LogP contribution in [0, 0.1) is 6.92 Å². The minimum atomic E-state index is 0.447. The Bertz CT molecular complexity index is 281. The number of nitrogens with two attached hydrogens (primary N) is 2. The number of nitrogen functional groups attached to an aromatic ring is 1. The fourth-order valence-electron chi connectivity index (χ4n) is 0.677. The maximum atomic E-state index is 5.59. The Morgan fingerprint density at radius 1 is 1.64 bits per heavy atom. The van der Waals surface area contributed by atoms with Gasteiger partial charge in [-0.15, -0.1) is 0 Å². The van der Waals surface area contributed by atoms with E-state index in [0.29, 0.717) is 17.3 Å². The van der Waals surface area contributed by atoms with Gasteiger partial charge in [-0.3, -0.25) is 5.10 Å². The first-order valence-electron chi connectivity index (χ1n) is 3.22. The molecule has 5 N–H and O–H groups in total. The molecular weight excluding hydrogens is 142 g/mol. The van der Waals surface area contributed by atoms with Crippen molar-refractivity contribution in [1.82, 2.24) is 10.2 Å². The van der Waals surface area contributed by atoms with Gasteiger partial charge in [-0.05, 0) is 13.8 Å². The molecule has 0 saturated heterocycles. The average Bonchev–Trinajstić information content (AvgIpc) is 2.18. The van der Waals surface area contributed by atoms with Gasteiger partial charge in [0.1, 0.15) is 0 Å². The van der Waals surface area contributed by atoms with Crippen LogP contribution in [0.2, 0.25) is 0 Å². The molecule has 0 bridgehead atoms. The third-order valence-corrected chi connectivity index (χ3v) is 1.26. The number of H-pyrrole nitrogens is 1. The third kappa shape index (κ3) is 1.49. The topological polar surface area (TPSA) is 93.1 Å². The molecule has 0 spiro atoms. The highest BCUT2D eigenvalue weighted by Gasteiger charge is 2.03. The normalized spacial score (nSPS) is 12.0. The summed E-state index contributed by atoms with van der Waals surface area (Å²) < 4.78 is 0. The number of nitrogens with zero attached hydrogens (tertiary/aromatic N) is 2. The van der Waals surface area contributed by atoms with E-state index in [1.807, 2.05) is 6.92 Å². The lowest BCUT2D eigenvalue weighted by Gasteiger charge is -1.90. The van der Waals surface area contributed by atoms with Gasteiger partial charge in [0, 0.05) is 0 Å². The molecule has 1 rings (SSSR count). The molecule has 5 heteroatoms. The highest BCUT2D eigenvalue weighted by atomic mass is 15.2. The van der Waals surface area contributed by atoms with E-state index in [2.05, 4.69) is 15.2 Å². The smallest absolute Gasteiger partial charge is 0.198 e. The minimum absolute atomic E-state index is 0.447. The summed E-state index contributed by atoms with van der Waals surface area (Å²) in [5.74, 6) is 0.908. The molecule has 11 heavy (non-hydrogen) atoms. The van der Waals surface area contributed by atoms with Crippen molar-refractivity contribution in [2.45, 2.75) is 13.8 Å². The number of hydrogen-bond acceptors (Lipinski definition) is 3. The van der Waals surface area contributed by atoms with E-state index >= 15 is 0 Å². The van der Waals surface area contributed by atoms with Crippen molar-refractivity contribution in [2.75, 3.05) is 5.73 Å². The van der Waals surface area contributed by atoms with Gasteiger partial charge >= 0.3 is 0 Å². The molecular formula is C6H11N5. The van der Waals surface area contributed by atoms with Gasteiger partial charge in [0.2, 0.25) is 0 Å². The minimum Gasteiger partial charge on any atom is -0.394 e. The summed E-state index contributed by atoms with van der Waals surface area (Å²) in [6, 6.07) is 0. The highest BCUT2D eigenvalue weighted by Crippen LogP contribution is 2.20. The van der Waals surface area contributed by atoms with Gasteiger partial charge in [-0.2, -0.15) is 5.10 Å². The number of hydrogen-bond donors (Lipinski definition) is 3. The molecule has 0 saturated carbocycles. The first kappa shape index (κ1) is 7.59. The maximum absolute atomic E-state index is 5.59. The van der Waals surface area contributed by atoms with Crippen LogP contribution in [-0.2, 0) is 0 Å². The molecule has 1 heterocycles. The predicted octanol–water partition coefficient (Wildman–Crippen LogP) is 0.309. The quantitative estimate of drug-likeness (QED) is 0.400. The van der Waals surface area contributed by atoms with E-state index < -0.39 is 0 Å². The lowest BCUT2D eigenvalue weighted by molar-refractivity contribution is 1.04. The van der Waals surface area contributed by atoms with Gasteiger partial charge in [0.05, 0.1) is 17.2 Å². The summed E-state index contributed by atoms with van der Waals surface area (Å²) in [6.07, 6.45) is 0. The molecule has 0 amide bonds.